The molecular weight excluding hydrogens is 865 g/mol. The SMILES string of the molecule is C(=Cc1ccc2cc(-c3ccc4c(c3)-c3ccccc3C43c4ccccc4-c4ccccc43)ccc2c1)c1ccc2cc(-c3ccc4c(c3)-c3ccccc3C43c4ccccc4-c4ccccc43)ccc2c1. The molecule has 0 saturated heterocycles. The summed E-state index contributed by atoms with van der Waals surface area (Å²) in [7, 11) is 0. The Morgan fingerprint density at radius 3 is 0.792 bits per heavy atom. The van der Waals surface area contributed by atoms with Crippen molar-refractivity contribution in [3.8, 4) is 66.8 Å². The second kappa shape index (κ2) is 14.7. The highest BCUT2D eigenvalue weighted by atomic mass is 14.5. The summed E-state index contributed by atoms with van der Waals surface area (Å²) < 4.78 is 0. The lowest BCUT2D eigenvalue weighted by molar-refractivity contribution is 0.794. The van der Waals surface area contributed by atoms with Gasteiger partial charge in [0.1, 0.15) is 0 Å². The van der Waals surface area contributed by atoms with E-state index in [2.05, 4.69) is 267 Å². The molecule has 12 aromatic carbocycles. The first kappa shape index (κ1) is 39.7. The lowest BCUT2D eigenvalue weighted by Gasteiger charge is -2.30. The van der Waals surface area contributed by atoms with Crippen LogP contribution in [0.5, 0.6) is 0 Å². The van der Waals surface area contributed by atoms with Gasteiger partial charge in [0, 0.05) is 0 Å². The molecule has 0 bridgehead atoms. The van der Waals surface area contributed by atoms with Gasteiger partial charge in [0.05, 0.1) is 10.8 Å². The van der Waals surface area contributed by atoms with Crippen LogP contribution in [0.25, 0.3) is 100 Å². The van der Waals surface area contributed by atoms with Crippen molar-refractivity contribution in [1.29, 1.82) is 0 Å². The van der Waals surface area contributed by atoms with Gasteiger partial charge in [0.2, 0.25) is 0 Å². The molecule has 4 aliphatic rings. The quantitative estimate of drug-likeness (QED) is 0.154. The van der Waals surface area contributed by atoms with Crippen LogP contribution in [0.3, 0.4) is 0 Å². The fraction of sp³-hybridized carbons (Fsp3) is 0.0278. The van der Waals surface area contributed by atoms with E-state index in [1.165, 1.54) is 144 Å². The number of hydrogen-bond acceptors (Lipinski definition) is 0. The molecule has 0 heterocycles. The molecule has 12 aromatic rings. The third-order valence-electron chi connectivity index (χ3n) is 16.9. The summed E-state index contributed by atoms with van der Waals surface area (Å²) in [6.45, 7) is 0. The molecule has 0 heteroatoms. The van der Waals surface area contributed by atoms with Crippen LogP contribution in [0.4, 0.5) is 0 Å². The maximum Gasteiger partial charge on any atom is 0.0725 e. The van der Waals surface area contributed by atoms with E-state index < -0.39 is 0 Å². The van der Waals surface area contributed by atoms with Gasteiger partial charge in [-0.25, -0.2) is 0 Å². The van der Waals surface area contributed by atoms with Crippen molar-refractivity contribution in [3.63, 3.8) is 0 Å². The van der Waals surface area contributed by atoms with Gasteiger partial charge < -0.3 is 0 Å². The molecule has 0 amide bonds. The van der Waals surface area contributed by atoms with E-state index in [0.717, 1.165) is 0 Å². The Morgan fingerprint density at radius 1 is 0.194 bits per heavy atom. The maximum absolute atomic E-state index is 2.44. The molecule has 0 fully saturated rings. The second-order valence-corrected chi connectivity index (χ2v) is 20.3. The molecule has 0 aliphatic heterocycles. The fourth-order valence-corrected chi connectivity index (χ4v) is 13.8. The van der Waals surface area contributed by atoms with Crippen LogP contribution in [0, 0.1) is 0 Å². The van der Waals surface area contributed by atoms with E-state index in [0.29, 0.717) is 0 Å². The standard InChI is InChI=1S/C72H44/c1-7-19-63-55(13-1)56-14-2-8-20-64(56)71(63)67-23-11-5-17-59(67)61-43-53(35-37-69(61)71)51-33-31-47-39-45(27-29-49(47)41-51)25-26-46-28-30-50-42-52(34-32-48(50)40-46)54-36-38-70-62(44-54)60-18-6-12-24-68(60)72(70)65-21-9-3-15-57(65)58-16-4-10-22-66(58)72/h1-44H. The Labute approximate surface area is 419 Å². The van der Waals surface area contributed by atoms with Gasteiger partial charge in [-0.2, -0.15) is 0 Å². The summed E-state index contributed by atoms with van der Waals surface area (Å²) in [5.74, 6) is 0. The first-order valence-electron chi connectivity index (χ1n) is 25.3. The van der Waals surface area contributed by atoms with Gasteiger partial charge in [-0.05, 0) is 180 Å². The summed E-state index contributed by atoms with van der Waals surface area (Å²) in [6, 6.07) is 96.1. The monoisotopic (exact) mass is 908 g/mol. The van der Waals surface area contributed by atoms with Gasteiger partial charge in [0.15, 0.2) is 0 Å². The van der Waals surface area contributed by atoms with Gasteiger partial charge in [-0.3, -0.25) is 0 Å². The predicted molar refractivity (Wildman–Crippen MR) is 300 cm³/mol. The van der Waals surface area contributed by atoms with Crippen LogP contribution in [-0.2, 0) is 10.8 Å². The number of fused-ring (bicyclic) bond motifs is 22. The largest absolute Gasteiger partial charge is 0.0725 e. The van der Waals surface area contributed by atoms with Gasteiger partial charge in [-0.1, -0.05) is 231 Å². The Balaban J connectivity index is 0.686. The van der Waals surface area contributed by atoms with Crippen molar-refractivity contribution < 1.29 is 0 Å². The van der Waals surface area contributed by atoms with E-state index >= 15 is 0 Å². The molecule has 2 spiro atoms. The Kier molecular flexibility index (Phi) is 8.12. The van der Waals surface area contributed by atoms with E-state index in [1.807, 2.05) is 0 Å². The van der Waals surface area contributed by atoms with Crippen molar-refractivity contribution in [1.82, 2.24) is 0 Å². The van der Waals surface area contributed by atoms with Crippen LogP contribution in [0.1, 0.15) is 55.6 Å². The van der Waals surface area contributed by atoms with Crippen molar-refractivity contribution in [3.05, 3.63) is 310 Å². The molecule has 0 N–H and O–H groups in total. The molecule has 72 heavy (non-hydrogen) atoms. The Morgan fingerprint density at radius 2 is 0.444 bits per heavy atom. The van der Waals surface area contributed by atoms with Crippen molar-refractivity contribution >= 4 is 33.7 Å². The molecule has 4 aliphatic carbocycles. The Bertz CT molecular complexity index is 3980. The third-order valence-corrected chi connectivity index (χ3v) is 16.9. The molecule has 0 radical (unpaired) electrons. The minimum absolute atomic E-state index is 0.318. The highest BCUT2D eigenvalue weighted by Gasteiger charge is 2.53. The van der Waals surface area contributed by atoms with Gasteiger partial charge in [-0.15, -0.1) is 0 Å². The van der Waals surface area contributed by atoms with Crippen LogP contribution in [0.2, 0.25) is 0 Å². The number of rotatable bonds is 4. The van der Waals surface area contributed by atoms with Gasteiger partial charge >= 0.3 is 0 Å². The zero-order valence-electron chi connectivity index (χ0n) is 39.4. The van der Waals surface area contributed by atoms with E-state index in [1.54, 1.807) is 0 Å². The highest BCUT2D eigenvalue weighted by Crippen LogP contribution is 2.64. The van der Waals surface area contributed by atoms with E-state index in [9.17, 15) is 0 Å². The first-order valence-corrected chi connectivity index (χ1v) is 25.3. The summed E-state index contributed by atoms with van der Waals surface area (Å²) in [4.78, 5) is 0. The smallest absolute Gasteiger partial charge is 0.0619 e. The summed E-state index contributed by atoms with van der Waals surface area (Å²) in [5.41, 5.74) is 28.3. The topological polar surface area (TPSA) is 0 Å². The van der Waals surface area contributed by atoms with Crippen LogP contribution in [-0.4, -0.2) is 0 Å². The van der Waals surface area contributed by atoms with Crippen LogP contribution >= 0.6 is 0 Å². The average molecular weight is 909 g/mol. The third kappa shape index (κ3) is 5.26. The van der Waals surface area contributed by atoms with Crippen molar-refractivity contribution in [2.75, 3.05) is 0 Å². The number of hydrogen-bond donors (Lipinski definition) is 0. The molecule has 0 unspecified atom stereocenters. The van der Waals surface area contributed by atoms with Gasteiger partial charge in [0.25, 0.3) is 0 Å². The Hall–Kier alpha value is -9.10. The molecule has 16 rings (SSSR count). The minimum Gasteiger partial charge on any atom is -0.0619 e. The molecule has 0 aromatic heterocycles. The minimum atomic E-state index is -0.318. The molecular formula is C72H44. The average Bonchev–Trinajstić information content (AvgIpc) is 4.13. The summed E-state index contributed by atoms with van der Waals surface area (Å²) >= 11 is 0. The van der Waals surface area contributed by atoms with Crippen LogP contribution < -0.4 is 0 Å². The highest BCUT2D eigenvalue weighted by molar-refractivity contribution is 5.99. The molecule has 0 nitrogen and oxygen atoms in total. The second-order valence-electron chi connectivity index (χ2n) is 20.3. The van der Waals surface area contributed by atoms with Crippen molar-refractivity contribution in [2.24, 2.45) is 0 Å². The zero-order chi connectivity index (χ0) is 47.1. The lowest BCUT2D eigenvalue weighted by atomic mass is 9.70. The predicted octanol–water partition coefficient (Wildman–Crippen LogP) is 18.2. The fourth-order valence-electron chi connectivity index (χ4n) is 13.8. The molecule has 0 atom stereocenters. The summed E-state index contributed by atoms with van der Waals surface area (Å²) in [5, 5.41) is 4.95. The molecule has 0 saturated carbocycles. The normalized spacial score (nSPS) is 14.3. The van der Waals surface area contributed by atoms with E-state index in [-0.39, 0.29) is 10.8 Å². The first-order chi connectivity index (χ1) is 35.7. The summed E-state index contributed by atoms with van der Waals surface area (Å²) in [6.07, 6.45) is 4.48. The lowest BCUT2D eigenvalue weighted by Crippen LogP contribution is -2.25. The number of benzene rings is 12. The maximum atomic E-state index is 2.44. The zero-order valence-corrected chi connectivity index (χ0v) is 39.4. The van der Waals surface area contributed by atoms with Crippen molar-refractivity contribution in [2.45, 2.75) is 10.8 Å². The van der Waals surface area contributed by atoms with Crippen LogP contribution in [0.15, 0.2) is 255 Å². The van der Waals surface area contributed by atoms with E-state index in [4.69, 9.17) is 0 Å². The molecule has 332 valence electrons.